The highest BCUT2D eigenvalue weighted by Crippen LogP contribution is 2.23. The molecule has 0 spiro atoms. The number of carbonyl (C=O) groups is 2. The van der Waals surface area contributed by atoms with Crippen molar-refractivity contribution in [3.63, 3.8) is 0 Å². The maximum absolute atomic E-state index is 12.0. The zero-order chi connectivity index (χ0) is 18.4. The van der Waals surface area contributed by atoms with Gasteiger partial charge in [-0.1, -0.05) is 36.4 Å². The quantitative estimate of drug-likeness (QED) is 0.685. The van der Waals surface area contributed by atoms with E-state index in [1.807, 2.05) is 55.5 Å². The molecule has 3 aromatic rings. The van der Waals surface area contributed by atoms with Crippen LogP contribution in [-0.2, 0) is 9.59 Å². The molecule has 0 radical (unpaired) electrons. The molecule has 2 amide bonds. The van der Waals surface area contributed by atoms with Gasteiger partial charge in [0.25, 0.3) is 5.91 Å². The molecule has 0 unspecified atom stereocenters. The van der Waals surface area contributed by atoms with Crippen molar-refractivity contribution in [3.05, 3.63) is 66.4 Å². The summed E-state index contributed by atoms with van der Waals surface area (Å²) in [7, 11) is 0. The summed E-state index contributed by atoms with van der Waals surface area (Å²) in [6.45, 7) is 1.56. The van der Waals surface area contributed by atoms with Crippen molar-refractivity contribution >= 4 is 22.8 Å². The summed E-state index contributed by atoms with van der Waals surface area (Å²) in [4.78, 5) is 23.8. The number of hydrogen-bond donors (Lipinski definition) is 2. The molecule has 2 N–H and O–H groups in total. The second kappa shape index (κ2) is 8.20. The molecule has 1 aromatic heterocycles. The molecule has 1 heterocycles. The SMILES string of the molecule is C[C@H](NC(=O)CNC(=O)COc1ccccc1)c1cc2ccccc2o1. The molecule has 6 nitrogen and oxygen atoms in total. The van der Waals surface area contributed by atoms with Gasteiger partial charge in [0, 0.05) is 5.39 Å². The number of furan rings is 1. The van der Waals surface area contributed by atoms with Gasteiger partial charge in [-0.3, -0.25) is 9.59 Å². The van der Waals surface area contributed by atoms with Gasteiger partial charge in [0.15, 0.2) is 6.61 Å². The number of para-hydroxylation sites is 2. The minimum atomic E-state index is -0.361. The van der Waals surface area contributed by atoms with E-state index in [1.165, 1.54) is 0 Å². The summed E-state index contributed by atoms with van der Waals surface area (Å²) in [5.74, 6) is 0.607. The van der Waals surface area contributed by atoms with Gasteiger partial charge in [0.2, 0.25) is 5.91 Å². The first-order valence-electron chi connectivity index (χ1n) is 8.34. The first kappa shape index (κ1) is 17.5. The highest BCUT2D eigenvalue weighted by molar-refractivity contribution is 5.85. The third kappa shape index (κ3) is 4.63. The number of hydrogen-bond acceptors (Lipinski definition) is 4. The normalized spacial score (nSPS) is 11.7. The van der Waals surface area contributed by atoms with E-state index in [1.54, 1.807) is 12.1 Å². The number of fused-ring (bicyclic) bond motifs is 1. The molecule has 26 heavy (non-hydrogen) atoms. The van der Waals surface area contributed by atoms with Crippen LogP contribution in [0.2, 0.25) is 0 Å². The molecule has 0 saturated carbocycles. The van der Waals surface area contributed by atoms with E-state index in [9.17, 15) is 9.59 Å². The average Bonchev–Trinajstić information content (AvgIpc) is 3.10. The molecule has 0 aliphatic rings. The Labute approximate surface area is 151 Å². The van der Waals surface area contributed by atoms with Gasteiger partial charge in [-0.25, -0.2) is 0 Å². The number of rotatable bonds is 7. The lowest BCUT2D eigenvalue weighted by atomic mass is 10.2. The smallest absolute Gasteiger partial charge is 0.258 e. The van der Waals surface area contributed by atoms with Gasteiger partial charge >= 0.3 is 0 Å². The second-order valence-electron chi connectivity index (χ2n) is 5.85. The van der Waals surface area contributed by atoms with Crippen molar-refractivity contribution < 1.29 is 18.7 Å². The summed E-state index contributed by atoms with van der Waals surface area (Å²) in [5.41, 5.74) is 0.773. The Hall–Kier alpha value is -3.28. The second-order valence-corrected chi connectivity index (χ2v) is 5.85. The lowest BCUT2D eigenvalue weighted by molar-refractivity contribution is -0.127. The van der Waals surface area contributed by atoms with Gasteiger partial charge in [-0.05, 0) is 31.2 Å². The van der Waals surface area contributed by atoms with Gasteiger partial charge in [0.05, 0.1) is 12.6 Å². The Morgan fingerprint density at radius 2 is 1.77 bits per heavy atom. The van der Waals surface area contributed by atoms with Gasteiger partial charge < -0.3 is 19.8 Å². The maximum atomic E-state index is 12.0. The lowest BCUT2D eigenvalue weighted by Crippen LogP contribution is -2.39. The van der Waals surface area contributed by atoms with E-state index >= 15 is 0 Å². The van der Waals surface area contributed by atoms with E-state index in [2.05, 4.69) is 10.6 Å². The van der Waals surface area contributed by atoms with Crippen LogP contribution in [0, 0.1) is 0 Å². The Morgan fingerprint density at radius 3 is 2.54 bits per heavy atom. The van der Waals surface area contributed by atoms with E-state index in [4.69, 9.17) is 9.15 Å². The first-order valence-corrected chi connectivity index (χ1v) is 8.34. The molecule has 6 heteroatoms. The number of carbonyl (C=O) groups excluding carboxylic acids is 2. The monoisotopic (exact) mass is 352 g/mol. The molecule has 0 saturated heterocycles. The summed E-state index contributed by atoms with van der Waals surface area (Å²) < 4.78 is 11.0. The Balaban J connectivity index is 1.43. The summed E-state index contributed by atoms with van der Waals surface area (Å²) >= 11 is 0. The van der Waals surface area contributed by atoms with Crippen LogP contribution in [0.25, 0.3) is 11.0 Å². The minimum absolute atomic E-state index is 0.123. The average molecular weight is 352 g/mol. The van der Waals surface area contributed by atoms with Crippen molar-refractivity contribution in [1.29, 1.82) is 0 Å². The third-order valence-electron chi connectivity index (χ3n) is 3.81. The Kier molecular flexibility index (Phi) is 5.53. The highest BCUT2D eigenvalue weighted by Gasteiger charge is 2.14. The fourth-order valence-electron chi connectivity index (χ4n) is 2.47. The number of nitrogens with one attached hydrogen (secondary N) is 2. The topological polar surface area (TPSA) is 80.6 Å². The fourth-order valence-corrected chi connectivity index (χ4v) is 2.47. The van der Waals surface area contributed by atoms with Crippen LogP contribution in [-0.4, -0.2) is 25.0 Å². The predicted octanol–water partition coefficient (Wildman–Crippen LogP) is 2.81. The van der Waals surface area contributed by atoms with Crippen molar-refractivity contribution in [2.75, 3.05) is 13.2 Å². The van der Waals surface area contributed by atoms with Crippen molar-refractivity contribution in [2.24, 2.45) is 0 Å². The predicted molar refractivity (Wildman–Crippen MR) is 97.7 cm³/mol. The molecule has 134 valence electrons. The molecule has 3 rings (SSSR count). The van der Waals surface area contributed by atoms with Crippen molar-refractivity contribution in [3.8, 4) is 5.75 Å². The molecular formula is C20H20N2O4. The number of benzene rings is 2. The molecule has 1 atom stereocenters. The van der Waals surface area contributed by atoms with Crippen LogP contribution in [0.15, 0.2) is 65.1 Å². The Bertz CT molecular complexity index is 856. The van der Waals surface area contributed by atoms with E-state index < -0.39 is 0 Å². The van der Waals surface area contributed by atoms with Crippen molar-refractivity contribution in [2.45, 2.75) is 13.0 Å². The van der Waals surface area contributed by atoms with Crippen molar-refractivity contribution in [1.82, 2.24) is 10.6 Å². The standard InChI is InChI=1S/C20H20N2O4/c1-14(18-11-15-7-5-6-10-17(15)26-18)22-19(23)12-21-20(24)13-25-16-8-3-2-4-9-16/h2-11,14H,12-13H2,1H3,(H,21,24)(H,22,23)/t14-/m0/s1. The zero-order valence-corrected chi connectivity index (χ0v) is 14.4. The van der Waals surface area contributed by atoms with E-state index in [0.717, 1.165) is 11.0 Å². The molecule has 0 bridgehead atoms. The molecule has 0 aliphatic heterocycles. The van der Waals surface area contributed by atoms with Gasteiger partial charge in [0.1, 0.15) is 17.1 Å². The fraction of sp³-hybridized carbons (Fsp3) is 0.200. The van der Waals surface area contributed by atoms with Crippen LogP contribution in [0.5, 0.6) is 5.75 Å². The Morgan fingerprint density at radius 1 is 1.04 bits per heavy atom. The summed E-state index contributed by atoms with van der Waals surface area (Å²) in [6.07, 6.45) is 0. The van der Waals surface area contributed by atoms with E-state index in [-0.39, 0.29) is 31.0 Å². The van der Waals surface area contributed by atoms with Crippen LogP contribution >= 0.6 is 0 Å². The molecule has 2 aromatic carbocycles. The minimum Gasteiger partial charge on any atom is -0.484 e. The number of ether oxygens (including phenoxy) is 1. The van der Waals surface area contributed by atoms with Crippen LogP contribution < -0.4 is 15.4 Å². The molecule has 0 aliphatic carbocycles. The first-order chi connectivity index (χ1) is 12.6. The maximum Gasteiger partial charge on any atom is 0.258 e. The van der Waals surface area contributed by atoms with Crippen LogP contribution in [0.1, 0.15) is 18.7 Å². The zero-order valence-electron chi connectivity index (χ0n) is 14.4. The largest absolute Gasteiger partial charge is 0.484 e. The number of amides is 2. The summed E-state index contributed by atoms with van der Waals surface area (Å²) in [5, 5.41) is 6.31. The molecular weight excluding hydrogens is 332 g/mol. The van der Waals surface area contributed by atoms with Crippen LogP contribution in [0.3, 0.4) is 0 Å². The highest BCUT2D eigenvalue weighted by atomic mass is 16.5. The van der Waals surface area contributed by atoms with Crippen LogP contribution in [0.4, 0.5) is 0 Å². The lowest BCUT2D eigenvalue weighted by Gasteiger charge is -2.12. The summed E-state index contributed by atoms with van der Waals surface area (Å²) in [6, 6.07) is 18.3. The third-order valence-corrected chi connectivity index (χ3v) is 3.81. The molecule has 0 fully saturated rings. The van der Waals surface area contributed by atoms with Gasteiger partial charge in [-0.2, -0.15) is 0 Å². The van der Waals surface area contributed by atoms with Gasteiger partial charge in [-0.15, -0.1) is 0 Å². The van der Waals surface area contributed by atoms with E-state index in [0.29, 0.717) is 11.5 Å².